The van der Waals surface area contributed by atoms with Gasteiger partial charge in [-0.3, -0.25) is 14.5 Å². The largest absolute Gasteiger partial charge is 1.00 e. The number of carbonyl (C=O) groups is 2. The van der Waals surface area contributed by atoms with Crippen molar-refractivity contribution in [1.82, 2.24) is 4.90 Å². The van der Waals surface area contributed by atoms with Crippen LogP contribution < -0.4 is 51.4 Å². The van der Waals surface area contributed by atoms with Gasteiger partial charge in [0.25, 0.3) is 11.8 Å². The molecule has 90 valence electrons. The van der Waals surface area contributed by atoms with Gasteiger partial charge in [0.15, 0.2) is 0 Å². The van der Waals surface area contributed by atoms with Crippen molar-refractivity contribution in [2.75, 3.05) is 12.3 Å². The molecule has 1 aliphatic rings. The maximum atomic E-state index is 11.7. The minimum absolute atomic E-state index is 0. The van der Waals surface area contributed by atoms with E-state index in [1.54, 1.807) is 12.1 Å². The number of benzene rings is 1. The molecule has 6 nitrogen and oxygen atoms in total. The van der Waals surface area contributed by atoms with Gasteiger partial charge in [-0.15, -0.1) is 0 Å². The summed E-state index contributed by atoms with van der Waals surface area (Å²) in [7, 11) is -4.44. The van der Waals surface area contributed by atoms with Crippen LogP contribution in [0.5, 0.6) is 0 Å². The Kier molecular flexibility index (Phi) is 5.24. The van der Waals surface area contributed by atoms with Crippen LogP contribution in [0.2, 0.25) is 0 Å². The number of hydrogen-bond acceptors (Lipinski definition) is 5. The van der Waals surface area contributed by atoms with E-state index in [9.17, 15) is 22.6 Å². The molecule has 0 spiro atoms. The van der Waals surface area contributed by atoms with E-state index in [2.05, 4.69) is 0 Å². The van der Waals surface area contributed by atoms with Gasteiger partial charge in [0.1, 0.15) is 0 Å². The average Bonchev–Trinajstić information content (AvgIpc) is 2.49. The molecule has 0 bridgehead atoms. The summed E-state index contributed by atoms with van der Waals surface area (Å²) >= 11 is 0. The maximum Gasteiger partial charge on any atom is 1.00 e. The molecule has 0 fully saturated rings. The molecule has 0 N–H and O–H groups in total. The Morgan fingerprint density at radius 2 is 1.50 bits per heavy atom. The summed E-state index contributed by atoms with van der Waals surface area (Å²) in [6.45, 7) is -0.405. The zero-order valence-corrected chi connectivity index (χ0v) is 13.6. The molecule has 8 heteroatoms. The van der Waals surface area contributed by atoms with Crippen LogP contribution in [0.1, 0.15) is 20.7 Å². The van der Waals surface area contributed by atoms with Crippen molar-refractivity contribution in [3.8, 4) is 0 Å². The summed E-state index contributed by atoms with van der Waals surface area (Å²) in [4.78, 5) is 24.2. The number of rotatable bonds is 3. The summed E-state index contributed by atoms with van der Waals surface area (Å²) in [5.74, 6) is -1.89. The fraction of sp³-hybridized carbons (Fsp3) is 0.200. The second-order valence-electron chi connectivity index (χ2n) is 3.57. The van der Waals surface area contributed by atoms with Gasteiger partial charge >= 0.3 is 51.4 Å². The van der Waals surface area contributed by atoms with E-state index in [-0.39, 0.29) is 62.5 Å². The first kappa shape index (κ1) is 16.0. The van der Waals surface area contributed by atoms with Crippen LogP contribution in [0.15, 0.2) is 24.3 Å². The molecule has 0 unspecified atom stereocenters. The third kappa shape index (κ3) is 3.26. The molecule has 2 amide bonds. The van der Waals surface area contributed by atoms with E-state index in [1.165, 1.54) is 12.1 Å². The van der Waals surface area contributed by atoms with Crippen LogP contribution in [0, 0.1) is 0 Å². The Morgan fingerprint density at radius 1 is 1.06 bits per heavy atom. The summed E-state index contributed by atoms with van der Waals surface area (Å²) < 4.78 is 31.4. The molecule has 1 aromatic carbocycles. The van der Waals surface area contributed by atoms with Gasteiger partial charge in [-0.1, -0.05) is 12.1 Å². The van der Waals surface area contributed by atoms with Crippen molar-refractivity contribution in [3.63, 3.8) is 0 Å². The minimum atomic E-state index is -4.44. The van der Waals surface area contributed by atoms with Crippen LogP contribution in [0.4, 0.5) is 0 Å². The van der Waals surface area contributed by atoms with E-state index < -0.39 is 34.2 Å². The van der Waals surface area contributed by atoms with Crippen molar-refractivity contribution >= 4 is 21.9 Å². The third-order valence-electron chi connectivity index (χ3n) is 2.44. The van der Waals surface area contributed by atoms with E-state index >= 15 is 0 Å². The van der Waals surface area contributed by atoms with Crippen molar-refractivity contribution in [1.29, 1.82) is 0 Å². The van der Waals surface area contributed by atoms with E-state index in [1.807, 2.05) is 0 Å². The summed E-state index contributed by atoms with van der Waals surface area (Å²) in [6, 6.07) is 6.19. The van der Waals surface area contributed by atoms with Crippen LogP contribution in [0.3, 0.4) is 0 Å². The Labute approximate surface area is 147 Å². The number of carbonyl (C=O) groups excluding carboxylic acids is 2. The Bertz CT molecular complexity index is 563. The third-order valence-corrected chi connectivity index (χ3v) is 3.13. The van der Waals surface area contributed by atoms with Crippen LogP contribution in [0.25, 0.3) is 0 Å². The molecular weight excluding hydrogens is 285 g/mol. The molecule has 0 saturated carbocycles. The van der Waals surface area contributed by atoms with Gasteiger partial charge in [-0.25, -0.2) is 8.42 Å². The molecule has 18 heavy (non-hydrogen) atoms. The van der Waals surface area contributed by atoms with Gasteiger partial charge in [0, 0.05) is 6.54 Å². The van der Waals surface area contributed by atoms with Crippen LogP contribution in [-0.2, 0) is 10.1 Å². The normalized spacial score (nSPS) is 14.4. The fourth-order valence-corrected chi connectivity index (χ4v) is 2.05. The monoisotopic (exact) mass is 293 g/mol. The molecule has 0 atom stereocenters. The molecule has 2 rings (SSSR count). The van der Waals surface area contributed by atoms with Gasteiger partial charge in [-0.2, -0.15) is 0 Å². The first-order valence-corrected chi connectivity index (χ1v) is 6.37. The Balaban J connectivity index is 0.00000162. The van der Waals surface area contributed by atoms with E-state index in [0.29, 0.717) is 0 Å². The number of imide groups is 1. The standard InChI is InChI=1S/C10H9NO5S.K/c12-9-7-3-1-2-4-8(7)10(13)11(9)5-6-17(14,15)16;/h1-4H,5-6H2,(H,14,15,16);/q;+1/p-1. The zero-order chi connectivity index (χ0) is 12.6. The summed E-state index contributed by atoms with van der Waals surface area (Å²) in [5.41, 5.74) is 0.474. The topological polar surface area (TPSA) is 94.6 Å². The average molecular weight is 293 g/mol. The van der Waals surface area contributed by atoms with Crippen molar-refractivity contribution in [2.45, 2.75) is 0 Å². The van der Waals surface area contributed by atoms with Gasteiger partial charge in [-0.05, 0) is 12.1 Å². The van der Waals surface area contributed by atoms with E-state index in [0.717, 1.165) is 4.90 Å². The fourth-order valence-electron chi connectivity index (χ4n) is 1.65. The molecule has 0 aliphatic carbocycles. The van der Waals surface area contributed by atoms with E-state index in [4.69, 9.17) is 0 Å². The Morgan fingerprint density at radius 3 is 1.89 bits per heavy atom. The molecule has 0 saturated heterocycles. The molecular formula is C10H8KNO5S. The van der Waals surface area contributed by atoms with Crippen LogP contribution >= 0.6 is 0 Å². The molecule has 1 heterocycles. The van der Waals surface area contributed by atoms with Crippen molar-refractivity contribution < 1.29 is 73.9 Å². The summed E-state index contributed by atoms with van der Waals surface area (Å²) in [5, 5.41) is 0. The first-order chi connectivity index (χ1) is 7.90. The van der Waals surface area contributed by atoms with Gasteiger partial charge in [0.2, 0.25) is 0 Å². The minimum Gasteiger partial charge on any atom is -0.748 e. The molecule has 0 aromatic heterocycles. The van der Waals surface area contributed by atoms with Crippen molar-refractivity contribution in [3.05, 3.63) is 35.4 Å². The predicted molar refractivity (Wildman–Crippen MR) is 56.4 cm³/mol. The number of nitrogens with zero attached hydrogens (tertiary/aromatic N) is 1. The SMILES string of the molecule is O=C1c2ccccc2C(=O)N1CCS(=O)(=O)[O-].[K+]. The van der Waals surface area contributed by atoms with Gasteiger partial charge in [0.05, 0.1) is 27.0 Å². The molecule has 0 radical (unpaired) electrons. The number of amides is 2. The zero-order valence-electron chi connectivity index (χ0n) is 9.62. The van der Waals surface area contributed by atoms with Crippen LogP contribution in [-0.4, -0.2) is 42.0 Å². The quantitative estimate of drug-likeness (QED) is 0.333. The number of fused-ring (bicyclic) bond motifs is 1. The summed E-state index contributed by atoms with van der Waals surface area (Å²) in [6.07, 6.45) is 0. The maximum absolute atomic E-state index is 11.7. The molecule has 1 aliphatic heterocycles. The first-order valence-electron chi connectivity index (χ1n) is 4.79. The second-order valence-corrected chi connectivity index (χ2v) is 5.09. The van der Waals surface area contributed by atoms with Gasteiger partial charge < -0.3 is 4.55 Å². The number of hydrogen-bond donors (Lipinski definition) is 0. The predicted octanol–water partition coefficient (Wildman–Crippen LogP) is -3.17. The Hall–Kier alpha value is -0.0936. The smallest absolute Gasteiger partial charge is 0.748 e. The second kappa shape index (κ2) is 5.91. The molecule has 1 aromatic rings. The van der Waals surface area contributed by atoms with Crippen molar-refractivity contribution in [2.24, 2.45) is 0 Å².